The van der Waals surface area contributed by atoms with Gasteiger partial charge in [-0.15, -0.1) is 0 Å². The summed E-state index contributed by atoms with van der Waals surface area (Å²) in [7, 11) is 0. The van der Waals surface area contributed by atoms with E-state index in [1.54, 1.807) is 24.3 Å². The van der Waals surface area contributed by atoms with Crippen LogP contribution in [0, 0.1) is 0 Å². The van der Waals surface area contributed by atoms with Gasteiger partial charge in [-0.25, -0.2) is 0 Å². The molecule has 108 valence electrons. The number of phenolic OH excluding ortho intramolecular Hbond substituents is 1. The Labute approximate surface area is 123 Å². The zero-order chi connectivity index (χ0) is 14.8. The molecule has 3 rings (SSSR count). The Morgan fingerprint density at radius 1 is 1.19 bits per heavy atom. The summed E-state index contributed by atoms with van der Waals surface area (Å²) >= 11 is 0. The molecule has 1 amide bonds. The normalized spacial score (nSPS) is 13.8. The molecule has 1 heterocycles. The van der Waals surface area contributed by atoms with E-state index in [1.165, 1.54) is 0 Å². The first-order chi connectivity index (χ1) is 10.1. The van der Waals surface area contributed by atoms with Crippen LogP contribution < -0.4 is 10.6 Å². The van der Waals surface area contributed by atoms with Crippen LogP contribution in [0.25, 0.3) is 0 Å². The van der Waals surface area contributed by atoms with Crippen LogP contribution >= 0.6 is 0 Å². The second kappa shape index (κ2) is 5.48. The second-order valence-electron chi connectivity index (χ2n) is 5.38. The van der Waals surface area contributed by atoms with Crippen molar-refractivity contribution in [2.45, 2.75) is 19.3 Å². The molecule has 2 aromatic carbocycles. The van der Waals surface area contributed by atoms with Gasteiger partial charge in [-0.3, -0.25) is 4.79 Å². The maximum atomic E-state index is 12.5. The second-order valence-corrected chi connectivity index (χ2v) is 5.38. The van der Waals surface area contributed by atoms with Crippen LogP contribution in [-0.2, 0) is 17.6 Å². The van der Waals surface area contributed by atoms with Gasteiger partial charge >= 0.3 is 0 Å². The summed E-state index contributed by atoms with van der Waals surface area (Å²) in [5, 5.41) is 9.29. The zero-order valence-electron chi connectivity index (χ0n) is 11.7. The minimum Gasteiger partial charge on any atom is -0.508 e. The molecule has 0 aliphatic carbocycles. The number of nitrogens with two attached hydrogens (primary N) is 1. The molecule has 4 nitrogen and oxygen atoms in total. The highest BCUT2D eigenvalue weighted by Gasteiger charge is 2.22. The first-order valence-corrected chi connectivity index (χ1v) is 7.10. The van der Waals surface area contributed by atoms with Gasteiger partial charge < -0.3 is 15.7 Å². The van der Waals surface area contributed by atoms with E-state index in [1.807, 2.05) is 23.1 Å². The topological polar surface area (TPSA) is 66.6 Å². The Hall–Kier alpha value is -2.49. The average molecular weight is 282 g/mol. The molecule has 3 N–H and O–H groups in total. The number of nitrogen functional groups attached to an aromatic ring is 1. The van der Waals surface area contributed by atoms with Crippen molar-refractivity contribution in [1.29, 1.82) is 0 Å². The first kappa shape index (κ1) is 13.5. The van der Waals surface area contributed by atoms with E-state index < -0.39 is 0 Å². The van der Waals surface area contributed by atoms with Gasteiger partial charge in [0, 0.05) is 17.9 Å². The SMILES string of the molecule is Nc1ccc2c(c1)CCCN2C(=O)Cc1ccc(O)cc1. The molecule has 1 aliphatic rings. The first-order valence-electron chi connectivity index (χ1n) is 7.10. The van der Waals surface area contributed by atoms with Crippen molar-refractivity contribution in [3.8, 4) is 5.75 Å². The summed E-state index contributed by atoms with van der Waals surface area (Å²) in [6, 6.07) is 12.5. The van der Waals surface area contributed by atoms with Crippen molar-refractivity contribution in [1.82, 2.24) is 0 Å². The number of carbonyl (C=O) groups excluding carboxylic acids is 1. The molecule has 1 aliphatic heterocycles. The smallest absolute Gasteiger partial charge is 0.231 e. The van der Waals surface area contributed by atoms with Crippen molar-refractivity contribution in [2.75, 3.05) is 17.2 Å². The number of nitrogens with zero attached hydrogens (tertiary/aromatic N) is 1. The van der Waals surface area contributed by atoms with E-state index in [0.29, 0.717) is 6.42 Å². The fourth-order valence-corrected chi connectivity index (χ4v) is 2.76. The number of rotatable bonds is 2. The molecule has 0 aromatic heterocycles. The molecule has 2 aromatic rings. The summed E-state index contributed by atoms with van der Waals surface area (Å²) in [6.07, 6.45) is 2.26. The van der Waals surface area contributed by atoms with Crippen molar-refractivity contribution >= 4 is 17.3 Å². The van der Waals surface area contributed by atoms with Gasteiger partial charge in [0.05, 0.1) is 6.42 Å². The highest BCUT2D eigenvalue weighted by atomic mass is 16.3. The number of hydrogen-bond donors (Lipinski definition) is 2. The largest absolute Gasteiger partial charge is 0.508 e. The predicted molar refractivity (Wildman–Crippen MR) is 83.3 cm³/mol. The number of amides is 1. The predicted octanol–water partition coefficient (Wildman–Crippen LogP) is 2.50. The Balaban J connectivity index is 1.81. The van der Waals surface area contributed by atoms with Crippen LogP contribution in [0.4, 0.5) is 11.4 Å². The van der Waals surface area contributed by atoms with Crippen LogP contribution in [0.2, 0.25) is 0 Å². The van der Waals surface area contributed by atoms with Crippen LogP contribution in [0.5, 0.6) is 5.75 Å². The summed E-state index contributed by atoms with van der Waals surface area (Å²) in [5.74, 6) is 0.288. The Kier molecular flexibility index (Phi) is 3.52. The zero-order valence-corrected chi connectivity index (χ0v) is 11.7. The molecule has 0 bridgehead atoms. The standard InChI is InChI=1S/C17H18N2O2/c18-14-5-8-16-13(11-14)2-1-9-19(16)17(21)10-12-3-6-15(20)7-4-12/h3-8,11,20H,1-2,9-10,18H2. The third-order valence-corrected chi connectivity index (χ3v) is 3.81. The fourth-order valence-electron chi connectivity index (χ4n) is 2.76. The number of anilines is 2. The van der Waals surface area contributed by atoms with E-state index in [0.717, 1.165) is 41.9 Å². The fraction of sp³-hybridized carbons (Fsp3) is 0.235. The molecule has 4 heteroatoms. The molecule has 21 heavy (non-hydrogen) atoms. The van der Waals surface area contributed by atoms with Crippen LogP contribution in [0.1, 0.15) is 17.5 Å². The highest BCUT2D eigenvalue weighted by molar-refractivity contribution is 5.96. The molecule has 0 atom stereocenters. The summed E-state index contributed by atoms with van der Waals surface area (Å²) < 4.78 is 0. The third-order valence-electron chi connectivity index (χ3n) is 3.81. The third kappa shape index (κ3) is 2.84. The van der Waals surface area contributed by atoms with Crippen molar-refractivity contribution in [3.63, 3.8) is 0 Å². The van der Waals surface area contributed by atoms with Gasteiger partial charge in [-0.1, -0.05) is 12.1 Å². The lowest BCUT2D eigenvalue weighted by atomic mass is 10.00. The lowest BCUT2D eigenvalue weighted by Gasteiger charge is -2.29. The summed E-state index contributed by atoms with van der Waals surface area (Å²) in [4.78, 5) is 14.4. The van der Waals surface area contributed by atoms with E-state index in [4.69, 9.17) is 5.73 Å². The van der Waals surface area contributed by atoms with Crippen LogP contribution in [0.3, 0.4) is 0 Å². The van der Waals surface area contributed by atoms with Crippen molar-refractivity contribution in [2.24, 2.45) is 0 Å². The highest BCUT2D eigenvalue weighted by Crippen LogP contribution is 2.29. The number of phenols is 1. The number of aryl methyl sites for hydroxylation is 1. The minimum atomic E-state index is 0.0754. The van der Waals surface area contributed by atoms with Crippen LogP contribution in [0.15, 0.2) is 42.5 Å². The maximum Gasteiger partial charge on any atom is 0.231 e. The Bertz CT molecular complexity index is 665. The Morgan fingerprint density at radius 2 is 1.95 bits per heavy atom. The van der Waals surface area contributed by atoms with E-state index in [-0.39, 0.29) is 11.7 Å². The molecule has 0 saturated carbocycles. The lowest BCUT2D eigenvalue weighted by Crippen LogP contribution is -2.36. The van der Waals surface area contributed by atoms with E-state index in [9.17, 15) is 9.90 Å². The van der Waals surface area contributed by atoms with Gasteiger partial charge in [0.1, 0.15) is 5.75 Å². The molecular formula is C17H18N2O2. The summed E-state index contributed by atoms with van der Waals surface area (Å²) in [5.41, 5.74) is 9.57. The molecule has 0 radical (unpaired) electrons. The summed E-state index contributed by atoms with van der Waals surface area (Å²) in [6.45, 7) is 0.744. The van der Waals surface area contributed by atoms with Gasteiger partial charge in [0.25, 0.3) is 0 Å². The van der Waals surface area contributed by atoms with Gasteiger partial charge in [0.2, 0.25) is 5.91 Å². The minimum absolute atomic E-state index is 0.0754. The maximum absolute atomic E-state index is 12.5. The van der Waals surface area contributed by atoms with E-state index >= 15 is 0 Å². The van der Waals surface area contributed by atoms with Crippen molar-refractivity contribution < 1.29 is 9.90 Å². The van der Waals surface area contributed by atoms with Crippen LogP contribution in [-0.4, -0.2) is 17.6 Å². The molecular weight excluding hydrogens is 264 g/mol. The quantitative estimate of drug-likeness (QED) is 0.832. The van der Waals surface area contributed by atoms with Crippen molar-refractivity contribution in [3.05, 3.63) is 53.6 Å². The van der Waals surface area contributed by atoms with E-state index in [2.05, 4.69) is 0 Å². The molecule has 0 fully saturated rings. The Morgan fingerprint density at radius 3 is 2.71 bits per heavy atom. The average Bonchev–Trinajstić information content (AvgIpc) is 2.48. The molecule has 0 saturated heterocycles. The number of fused-ring (bicyclic) bond motifs is 1. The number of aromatic hydroxyl groups is 1. The monoisotopic (exact) mass is 282 g/mol. The van der Waals surface area contributed by atoms with Gasteiger partial charge in [0.15, 0.2) is 0 Å². The number of benzene rings is 2. The lowest BCUT2D eigenvalue weighted by molar-refractivity contribution is -0.118. The van der Waals surface area contributed by atoms with Gasteiger partial charge in [-0.05, 0) is 54.3 Å². The molecule has 0 unspecified atom stereocenters. The van der Waals surface area contributed by atoms with Gasteiger partial charge in [-0.2, -0.15) is 0 Å². The molecule has 0 spiro atoms. The number of carbonyl (C=O) groups is 1. The number of hydrogen-bond acceptors (Lipinski definition) is 3.